The Morgan fingerprint density at radius 2 is 1.78 bits per heavy atom. The lowest BCUT2D eigenvalue weighted by molar-refractivity contribution is -0.111. The van der Waals surface area contributed by atoms with Crippen LogP contribution in [0.15, 0.2) is 78.2 Å². The molecule has 0 aliphatic heterocycles. The molecule has 0 radical (unpaired) electrons. The summed E-state index contributed by atoms with van der Waals surface area (Å²) in [5.74, 6) is -0.219. The number of aromatic nitrogens is 1. The molecular formula is C22H15ClN2OS. The van der Waals surface area contributed by atoms with Gasteiger partial charge < -0.3 is 0 Å². The Labute approximate surface area is 166 Å². The van der Waals surface area contributed by atoms with Crippen molar-refractivity contribution in [1.82, 2.24) is 4.98 Å². The number of hydrogen-bond acceptors (Lipinski definition) is 3. The van der Waals surface area contributed by atoms with Gasteiger partial charge in [0.25, 0.3) is 0 Å². The van der Waals surface area contributed by atoms with E-state index < -0.39 is 0 Å². The molecule has 4 rings (SSSR count). The molecule has 1 amide bonds. The summed E-state index contributed by atoms with van der Waals surface area (Å²) in [6.07, 6.45) is 3.23. The monoisotopic (exact) mass is 390 g/mol. The van der Waals surface area contributed by atoms with E-state index in [4.69, 9.17) is 11.6 Å². The maximum atomic E-state index is 12.2. The lowest BCUT2D eigenvalue weighted by atomic mass is 10.0. The van der Waals surface area contributed by atoms with E-state index in [0.29, 0.717) is 10.2 Å². The Balaban J connectivity index is 1.51. The van der Waals surface area contributed by atoms with Gasteiger partial charge in [0.05, 0.1) is 5.69 Å². The van der Waals surface area contributed by atoms with Gasteiger partial charge in [0.15, 0.2) is 5.13 Å². The molecule has 0 saturated carbocycles. The molecule has 3 nitrogen and oxygen atoms in total. The summed E-state index contributed by atoms with van der Waals surface area (Å²) in [7, 11) is 0. The van der Waals surface area contributed by atoms with E-state index in [1.54, 1.807) is 18.2 Å². The third kappa shape index (κ3) is 4.08. The van der Waals surface area contributed by atoms with Gasteiger partial charge in [-0.05, 0) is 34.5 Å². The first-order valence-electron chi connectivity index (χ1n) is 8.37. The van der Waals surface area contributed by atoms with E-state index >= 15 is 0 Å². The van der Waals surface area contributed by atoms with Gasteiger partial charge in [0.2, 0.25) is 5.91 Å². The quantitative estimate of drug-likeness (QED) is 0.417. The average molecular weight is 391 g/mol. The fourth-order valence-corrected chi connectivity index (χ4v) is 3.64. The zero-order valence-corrected chi connectivity index (χ0v) is 15.8. The minimum Gasteiger partial charge on any atom is -0.298 e. The van der Waals surface area contributed by atoms with Crippen molar-refractivity contribution in [2.75, 3.05) is 5.32 Å². The van der Waals surface area contributed by atoms with Crippen molar-refractivity contribution in [3.63, 3.8) is 0 Å². The van der Waals surface area contributed by atoms with Crippen LogP contribution in [-0.2, 0) is 4.79 Å². The van der Waals surface area contributed by atoms with Crippen molar-refractivity contribution >= 4 is 50.8 Å². The number of nitrogens with zero attached hydrogens (tertiary/aromatic N) is 1. The smallest absolute Gasteiger partial charge is 0.250 e. The number of carbonyl (C=O) groups excluding carboxylic acids is 1. The molecule has 0 bridgehead atoms. The number of nitrogens with one attached hydrogen (secondary N) is 1. The normalized spacial score (nSPS) is 11.1. The van der Waals surface area contributed by atoms with Crippen LogP contribution in [0.5, 0.6) is 0 Å². The molecule has 0 saturated heterocycles. The minimum absolute atomic E-state index is 0.219. The molecule has 0 aliphatic carbocycles. The number of hydrogen-bond donors (Lipinski definition) is 1. The van der Waals surface area contributed by atoms with Crippen molar-refractivity contribution in [1.29, 1.82) is 0 Å². The van der Waals surface area contributed by atoms with Crippen LogP contribution in [0.4, 0.5) is 5.13 Å². The number of carbonyl (C=O) groups is 1. The largest absolute Gasteiger partial charge is 0.298 e. The van der Waals surface area contributed by atoms with Gasteiger partial charge in [0.1, 0.15) is 0 Å². The van der Waals surface area contributed by atoms with Crippen LogP contribution in [0.2, 0.25) is 5.02 Å². The topological polar surface area (TPSA) is 42.0 Å². The number of benzene rings is 3. The molecule has 3 aromatic carbocycles. The Hall–Kier alpha value is -2.95. The molecule has 0 fully saturated rings. The summed E-state index contributed by atoms with van der Waals surface area (Å²) in [6.45, 7) is 0. The van der Waals surface area contributed by atoms with E-state index in [1.165, 1.54) is 22.8 Å². The van der Waals surface area contributed by atoms with Gasteiger partial charge in [-0.15, -0.1) is 11.3 Å². The predicted octanol–water partition coefficient (Wildman–Crippen LogP) is 6.27. The predicted molar refractivity (Wildman–Crippen MR) is 114 cm³/mol. The molecular weight excluding hydrogens is 376 g/mol. The van der Waals surface area contributed by atoms with Crippen LogP contribution in [0.1, 0.15) is 5.56 Å². The van der Waals surface area contributed by atoms with Crippen LogP contribution >= 0.6 is 22.9 Å². The van der Waals surface area contributed by atoms with Crippen LogP contribution in [0, 0.1) is 0 Å². The van der Waals surface area contributed by atoms with Crippen molar-refractivity contribution < 1.29 is 4.79 Å². The third-order valence-electron chi connectivity index (χ3n) is 4.10. The van der Waals surface area contributed by atoms with Gasteiger partial charge >= 0.3 is 0 Å². The van der Waals surface area contributed by atoms with Gasteiger partial charge in [-0.2, -0.15) is 0 Å². The van der Waals surface area contributed by atoms with Gasteiger partial charge in [-0.25, -0.2) is 4.98 Å². The molecule has 132 valence electrons. The van der Waals surface area contributed by atoms with Crippen molar-refractivity contribution in [3.8, 4) is 11.3 Å². The molecule has 0 unspecified atom stereocenters. The fourth-order valence-electron chi connectivity index (χ4n) is 2.80. The fraction of sp³-hybridized carbons (Fsp3) is 0. The number of amides is 1. The highest BCUT2D eigenvalue weighted by Crippen LogP contribution is 2.30. The lowest BCUT2D eigenvalue weighted by Gasteiger charge is -2.03. The molecule has 1 N–H and O–H groups in total. The minimum atomic E-state index is -0.219. The SMILES string of the molecule is O=C(C=Cc1ccc(Cl)cc1)Nc1nc(-c2cccc3ccccc23)cs1. The van der Waals surface area contributed by atoms with Crippen LogP contribution < -0.4 is 5.32 Å². The number of thiazole rings is 1. The summed E-state index contributed by atoms with van der Waals surface area (Å²) in [5.41, 5.74) is 2.82. The summed E-state index contributed by atoms with van der Waals surface area (Å²) in [4.78, 5) is 16.7. The Bertz CT molecular complexity index is 1130. The average Bonchev–Trinajstić information content (AvgIpc) is 3.15. The summed E-state index contributed by atoms with van der Waals surface area (Å²) >= 11 is 7.27. The van der Waals surface area contributed by atoms with E-state index in [-0.39, 0.29) is 5.91 Å². The molecule has 5 heteroatoms. The molecule has 27 heavy (non-hydrogen) atoms. The first kappa shape index (κ1) is 17.5. The second-order valence-corrected chi connectivity index (χ2v) is 7.23. The van der Waals surface area contributed by atoms with Crippen LogP contribution in [0.25, 0.3) is 28.1 Å². The maximum absolute atomic E-state index is 12.2. The Kier molecular flexibility index (Phi) is 5.01. The van der Waals surface area contributed by atoms with Gasteiger partial charge in [-0.1, -0.05) is 66.2 Å². The molecule has 4 aromatic rings. The molecule has 0 aliphatic rings. The van der Waals surface area contributed by atoms with Crippen LogP contribution in [-0.4, -0.2) is 10.9 Å². The third-order valence-corrected chi connectivity index (χ3v) is 5.11. The molecule has 1 aromatic heterocycles. The van der Waals surface area contributed by atoms with E-state index in [1.807, 2.05) is 41.8 Å². The first-order chi connectivity index (χ1) is 13.2. The Morgan fingerprint density at radius 3 is 2.63 bits per heavy atom. The summed E-state index contributed by atoms with van der Waals surface area (Å²) in [6, 6.07) is 21.6. The number of rotatable bonds is 4. The summed E-state index contributed by atoms with van der Waals surface area (Å²) in [5, 5.41) is 8.33. The zero-order chi connectivity index (χ0) is 18.6. The Morgan fingerprint density at radius 1 is 1.00 bits per heavy atom. The van der Waals surface area contributed by atoms with Crippen molar-refractivity contribution in [3.05, 3.63) is 88.8 Å². The van der Waals surface area contributed by atoms with Gasteiger partial charge in [-0.3, -0.25) is 10.1 Å². The standard InChI is InChI=1S/C22H15ClN2OS/c23-17-11-8-15(9-12-17)10-13-21(26)25-22-24-20(14-27-22)19-7-3-5-16-4-1-2-6-18(16)19/h1-14H,(H,24,25,26). The zero-order valence-electron chi connectivity index (χ0n) is 14.2. The maximum Gasteiger partial charge on any atom is 0.250 e. The van der Waals surface area contributed by atoms with Crippen molar-refractivity contribution in [2.45, 2.75) is 0 Å². The highest BCUT2D eigenvalue weighted by molar-refractivity contribution is 7.14. The highest BCUT2D eigenvalue weighted by Gasteiger charge is 2.09. The number of fused-ring (bicyclic) bond motifs is 1. The number of halogens is 1. The van der Waals surface area contributed by atoms with E-state index in [0.717, 1.165) is 22.2 Å². The van der Waals surface area contributed by atoms with Gasteiger partial charge in [0, 0.05) is 22.0 Å². The van der Waals surface area contributed by atoms with E-state index in [9.17, 15) is 4.79 Å². The molecule has 1 heterocycles. The lowest BCUT2D eigenvalue weighted by Crippen LogP contribution is -2.07. The molecule has 0 atom stereocenters. The summed E-state index contributed by atoms with van der Waals surface area (Å²) < 4.78 is 0. The van der Waals surface area contributed by atoms with Crippen molar-refractivity contribution in [2.24, 2.45) is 0 Å². The molecule has 0 spiro atoms. The number of anilines is 1. The highest BCUT2D eigenvalue weighted by atomic mass is 35.5. The first-order valence-corrected chi connectivity index (χ1v) is 9.63. The van der Waals surface area contributed by atoms with E-state index in [2.05, 4.69) is 28.5 Å². The van der Waals surface area contributed by atoms with Crippen LogP contribution in [0.3, 0.4) is 0 Å². The second kappa shape index (κ2) is 7.74. The second-order valence-electron chi connectivity index (χ2n) is 5.94.